The summed E-state index contributed by atoms with van der Waals surface area (Å²) in [4.78, 5) is 25.1. The molecule has 0 unspecified atom stereocenters. The van der Waals surface area contributed by atoms with Crippen LogP contribution in [0.15, 0.2) is 42.5 Å². The van der Waals surface area contributed by atoms with Crippen LogP contribution in [0.5, 0.6) is 11.5 Å². The number of rotatable bonds is 6. The van der Waals surface area contributed by atoms with E-state index in [9.17, 15) is 9.59 Å². The number of ketones is 1. The summed E-state index contributed by atoms with van der Waals surface area (Å²) >= 11 is 0. The van der Waals surface area contributed by atoms with Gasteiger partial charge in [0.1, 0.15) is 18.1 Å². The summed E-state index contributed by atoms with van der Waals surface area (Å²) < 4.78 is 11.2. The molecule has 130 valence electrons. The number of methoxy groups -OCH3 is 1. The summed E-state index contributed by atoms with van der Waals surface area (Å²) in [5.74, 6) is 1.55. The van der Waals surface area contributed by atoms with Crippen molar-refractivity contribution in [3.8, 4) is 11.5 Å². The van der Waals surface area contributed by atoms with Crippen LogP contribution in [0.3, 0.4) is 0 Å². The van der Waals surface area contributed by atoms with Crippen LogP contribution >= 0.6 is 0 Å². The number of nitrogens with zero attached hydrogens (tertiary/aromatic N) is 1. The SMILES string of the molecule is COc1ccc(C(C)=O)cc1COc1ccc(N2CCCC2=O)cc1. The van der Waals surface area contributed by atoms with Crippen LogP contribution in [0, 0.1) is 0 Å². The van der Waals surface area contributed by atoms with E-state index in [0.29, 0.717) is 30.1 Å². The van der Waals surface area contributed by atoms with Gasteiger partial charge in [-0.3, -0.25) is 9.59 Å². The average Bonchev–Trinajstić information content (AvgIpc) is 3.06. The zero-order valence-corrected chi connectivity index (χ0v) is 14.5. The zero-order valence-electron chi connectivity index (χ0n) is 14.5. The van der Waals surface area contributed by atoms with Crippen molar-refractivity contribution >= 4 is 17.4 Å². The molecule has 0 aliphatic carbocycles. The van der Waals surface area contributed by atoms with Crippen molar-refractivity contribution in [3.05, 3.63) is 53.6 Å². The maximum atomic E-state index is 11.8. The molecule has 0 atom stereocenters. The van der Waals surface area contributed by atoms with Gasteiger partial charge in [-0.25, -0.2) is 0 Å². The molecule has 1 saturated heterocycles. The number of carbonyl (C=O) groups is 2. The van der Waals surface area contributed by atoms with E-state index in [2.05, 4.69) is 0 Å². The normalized spacial score (nSPS) is 13.8. The Kier molecular flexibility index (Phi) is 5.03. The van der Waals surface area contributed by atoms with Crippen molar-refractivity contribution in [1.82, 2.24) is 0 Å². The number of benzene rings is 2. The minimum absolute atomic E-state index is 0.00327. The maximum Gasteiger partial charge on any atom is 0.227 e. The van der Waals surface area contributed by atoms with Gasteiger partial charge in [-0.2, -0.15) is 0 Å². The first kappa shape index (κ1) is 17.0. The Bertz CT molecular complexity index is 783. The average molecular weight is 339 g/mol. The molecule has 2 aromatic carbocycles. The fraction of sp³-hybridized carbons (Fsp3) is 0.300. The lowest BCUT2D eigenvalue weighted by atomic mass is 10.1. The van der Waals surface area contributed by atoms with Gasteiger partial charge in [0.15, 0.2) is 5.78 Å². The topological polar surface area (TPSA) is 55.8 Å². The quantitative estimate of drug-likeness (QED) is 0.755. The number of hydrogen-bond donors (Lipinski definition) is 0. The third kappa shape index (κ3) is 3.82. The van der Waals surface area contributed by atoms with Crippen molar-refractivity contribution in [1.29, 1.82) is 0 Å². The highest BCUT2D eigenvalue weighted by molar-refractivity contribution is 5.95. The van der Waals surface area contributed by atoms with Crippen molar-refractivity contribution in [2.45, 2.75) is 26.4 Å². The Balaban J connectivity index is 1.70. The zero-order chi connectivity index (χ0) is 17.8. The Morgan fingerprint density at radius 2 is 1.92 bits per heavy atom. The molecule has 0 spiro atoms. The number of Topliss-reactive ketones (excluding diaryl/α,β-unsaturated/α-hetero) is 1. The summed E-state index contributed by atoms with van der Waals surface area (Å²) in [7, 11) is 1.59. The fourth-order valence-electron chi connectivity index (χ4n) is 2.91. The van der Waals surface area contributed by atoms with Gasteiger partial charge in [-0.05, 0) is 55.8 Å². The van der Waals surface area contributed by atoms with E-state index in [1.54, 1.807) is 30.2 Å². The van der Waals surface area contributed by atoms with Gasteiger partial charge in [-0.15, -0.1) is 0 Å². The lowest BCUT2D eigenvalue weighted by Crippen LogP contribution is -2.23. The molecule has 1 amide bonds. The second-order valence-corrected chi connectivity index (χ2v) is 6.01. The number of anilines is 1. The molecule has 5 nitrogen and oxygen atoms in total. The molecule has 1 aliphatic rings. The second kappa shape index (κ2) is 7.38. The molecular formula is C20H21NO4. The van der Waals surface area contributed by atoms with Crippen LogP contribution in [-0.2, 0) is 11.4 Å². The van der Waals surface area contributed by atoms with Crippen LogP contribution < -0.4 is 14.4 Å². The third-order valence-electron chi connectivity index (χ3n) is 4.30. The summed E-state index contributed by atoms with van der Waals surface area (Å²) in [6.45, 7) is 2.60. The third-order valence-corrected chi connectivity index (χ3v) is 4.30. The second-order valence-electron chi connectivity index (χ2n) is 6.01. The Morgan fingerprint density at radius 1 is 1.16 bits per heavy atom. The standard InChI is InChI=1S/C20H21NO4/c1-14(22)15-5-10-19(24-2)16(12-15)13-25-18-8-6-17(7-9-18)21-11-3-4-20(21)23/h5-10,12H,3-4,11,13H2,1-2H3. The summed E-state index contributed by atoms with van der Waals surface area (Å²) in [5, 5.41) is 0. The molecule has 2 aromatic rings. The van der Waals surface area contributed by atoms with E-state index in [1.807, 2.05) is 24.3 Å². The highest BCUT2D eigenvalue weighted by atomic mass is 16.5. The summed E-state index contributed by atoms with van der Waals surface area (Å²) in [6.07, 6.45) is 1.52. The van der Waals surface area contributed by atoms with Crippen LogP contribution in [-0.4, -0.2) is 25.3 Å². The number of hydrogen-bond acceptors (Lipinski definition) is 4. The maximum absolute atomic E-state index is 11.8. The van der Waals surface area contributed by atoms with Crippen molar-refractivity contribution in [2.24, 2.45) is 0 Å². The van der Waals surface area contributed by atoms with Crippen LogP contribution in [0.4, 0.5) is 5.69 Å². The Hall–Kier alpha value is -2.82. The molecule has 3 rings (SSSR count). The van der Waals surface area contributed by atoms with Gasteiger partial charge in [0.2, 0.25) is 5.91 Å². The predicted octanol–water partition coefficient (Wildman–Crippen LogP) is 3.60. The first-order valence-corrected chi connectivity index (χ1v) is 8.29. The van der Waals surface area contributed by atoms with Gasteiger partial charge >= 0.3 is 0 Å². The van der Waals surface area contributed by atoms with Gasteiger partial charge in [0.05, 0.1) is 7.11 Å². The van der Waals surface area contributed by atoms with Gasteiger partial charge in [0.25, 0.3) is 0 Å². The minimum Gasteiger partial charge on any atom is -0.496 e. The number of carbonyl (C=O) groups excluding carboxylic acids is 2. The van der Waals surface area contributed by atoms with E-state index in [4.69, 9.17) is 9.47 Å². The van der Waals surface area contributed by atoms with Crippen LogP contribution in [0.25, 0.3) is 0 Å². The van der Waals surface area contributed by atoms with E-state index >= 15 is 0 Å². The monoisotopic (exact) mass is 339 g/mol. The molecule has 1 heterocycles. The molecule has 0 saturated carbocycles. The largest absolute Gasteiger partial charge is 0.496 e. The summed E-state index contributed by atoms with van der Waals surface area (Å²) in [6, 6.07) is 12.8. The first-order valence-electron chi connectivity index (χ1n) is 8.29. The van der Waals surface area contributed by atoms with Crippen LogP contribution in [0.1, 0.15) is 35.7 Å². The first-order chi connectivity index (χ1) is 12.1. The number of amides is 1. The Labute approximate surface area is 147 Å². The lowest BCUT2D eigenvalue weighted by Gasteiger charge is -2.16. The molecule has 0 radical (unpaired) electrons. The smallest absolute Gasteiger partial charge is 0.227 e. The van der Waals surface area contributed by atoms with E-state index < -0.39 is 0 Å². The predicted molar refractivity (Wildman–Crippen MR) is 95.4 cm³/mol. The van der Waals surface area contributed by atoms with Crippen molar-refractivity contribution in [3.63, 3.8) is 0 Å². The van der Waals surface area contributed by atoms with E-state index in [0.717, 1.165) is 24.2 Å². The minimum atomic E-state index is 0.00327. The molecule has 1 fully saturated rings. The molecule has 0 aromatic heterocycles. The lowest BCUT2D eigenvalue weighted by molar-refractivity contribution is -0.117. The molecular weight excluding hydrogens is 318 g/mol. The highest BCUT2D eigenvalue weighted by Gasteiger charge is 2.21. The molecule has 5 heteroatoms. The van der Waals surface area contributed by atoms with E-state index in [-0.39, 0.29) is 11.7 Å². The van der Waals surface area contributed by atoms with Gasteiger partial charge in [0, 0.05) is 29.8 Å². The van der Waals surface area contributed by atoms with Crippen molar-refractivity contribution in [2.75, 3.05) is 18.6 Å². The molecule has 1 aliphatic heterocycles. The van der Waals surface area contributed by atoms with Gasteiger partial charge in [-0.1, -0.05) is 0 Å². The highest BCUT2D eigenvalue weighted by Crippen LogP contribution is 2.26. The van der Waals surface area contributed by atoms with E-state index in [1.165, 1.54) is 6.92 Å². The van der Waals surface area contributed by atoms with Crippen molar-refractivity contribution < 1.29 is 19.1 Å². The molecule has 0 bridgehead atoms. The number of ether oxygens (including phenoxy) is 2. The van der Waals surface area contributed by atoms with Crippen LogP contribution in [0.2, 0.25) is 0 Å². The fourth-order valence-corrected chi connectivity index (χ4v) is 2.91. The van der Waals surface area contributed by atoms with Gasteiger partial charge < -0.3 is 14.4 Å². The summed E-state index contributed by atoms with van der Waals surface area (Å²) in [5.41, 5.74) is 2.34. The Morgan fingerprint density at radius 3 is 2.52 bits per heavy atom. The molecule has 25 heavy (non-hydrogen) atoms. The molecule has 0 N–H and O–H groups in total.